The minimum atomic E-state index is 1.15. The molecule has 6 rings (SSSR count). The van der Waals surface area contributed by atoms with Gasteiger partial charge in [-0.25, -0.2) is 0 Å². The summed E-state index contributed by atoms with van der Waals surface area (Å²) in [5, 5.41) is 0. The summed E-state index contributed by atoms with van der Waals surface area (Å²) in [6.45, 7) is 4.40. The largest absolute Gasteiger partial charge is 0.265 e. The van der Waals surface area contributed by atoms with Crippen molar-refractivity contribution < 1.29 is 0 Å². The van der Waals surface area contributed by atoms with Gasteiger partial charge >= 0.3 is 0 Å². The fourth-order valence-corrected chi connectivity index (χ4v) is 5.46. The predicted molar refractivity (Wildman–Crippen MR) is 177 cm³/mol. The fourth-order valence-electron chi connectivity index (χ4n) is 5.46. The lowest BCUT2D eigenvalue weighted by Gasteiger charge is -2.14. The molecule has 0 fully saturated rings. The van der Waals surface area contributed by atoms with E-state index in [0.29, 0.717) is 0 Å². The van der Waals surface area contributed by atoms with Gasteiger partial charge in [0.25, 0.3) is 0 Å². The summed E-state index contributed by atoms with van der Waals surface area (Å²) in [6, 6.07) is 42.8. The Labute approximate surface area is 248 Å². The van der Waals surface area contributed by atoms with Gasteiger partial charge < -0.3 is 0 Å². The Hall–Kier alpha value is -5.34. The van der Waals surface area contributed by atoms with Crippen molar-refractivity contribution in [2.45, 2.75) is 13.8 Å². The number of hydrogen-bond donors (Lipinski definition) is 0. The van der Waals surface area contributed by atoms with Gasteiger partial charge in [0.2, 0.25) is 0 Å². The molecule has 0 spiro atoms. The molecule has 0 amide bonds. The zero-order valence-electron chi connectivity index (χ0n) is 23.9. The Morgan fingerprint density at radius 1 is 0.429 bits per heavy atom. The van der Waals surface area contributed by atoms with Crippen molar-refractivity contribution in [3.8, 4) is 11.1 Å². The molecule has 0 N–H and O–H groups in total. The van der Waals surface area contributed by atoms with E-state index >= 15 is 0 Å². The maximum absolute atomic E-state index is 4.22. The Balaban J connectivity index is 1.35. The predicted octanol–water partition coefficient (Wildman–Crippen LogP) is 9.94. The third-order valence-corrected chi connectivity index (χ3v) is 7.57. The van der Waals surface area contributed by atoms with Crippen LogP contribution in [0, 0.1) is 13.8 Å². The minimum absolute atomic E-state index is 1.15. The average molecular weight is 541 g/mol. The minimum Gasteiger partial charge on any atom is -0.265 e. The topological polar surface area (TPSA) is 25.8 Å². The van der Waals surface area contributed by atoms with E-state index in [0.717, 1.165) is 11.1 Å². The molecule has 2 heterocycles. The molecular formula is C40H32N2. The molecule has 4 aromatic carbocycles. The van der Waals surface area contributed by atoms with E-state index in [2.05, 4.69) is 157 Å². The molecule has 0 bridgehead atoms. The van der Waals surface area contributed by atoms with Crippen LogP contribution in [-0.4, -0.2) is 9.97 Å². The van der Waals surface area contributed by atoms with Crippen LogP contribution in [0.2, 0.25) is 0 Å². The third kappa shape index (κ3) is 6.04. The van der Waals surface area contributed by atoms with Gasteiger partial charge in [0, 0.05) is 24.8 Å². The normalized spacial score (nSPS) is 11.9. The Morgan fingerprint density at radius 2 is 0.786 bits per heavy atom. The summed E-state index contributed by atoms with van der Waals surface area (Å²) in [4.78, 5) is 8.43. The molecule has 0 unspecified atom stereocenters. The maximum atomic E-state index is 4.22. The zero-order valence-corrected chi connectivity index (χ0v) is 23.9. The Bertz CT molecular complexity index is 1630. The number of aromatic nitrogens is 2. The SMILES string of the molecule is Cc1cc(C=C(c2ccccc2)c2ccncc2)ccc1-c1ccc(C=C(c2ccccc2)c2ccncc2)cc1C. The molecule has 2 aromatic heterocycles. The summed E-state index contributed by atoms with van der Waals surface area (Å²) < 4.78 is 0. The number of pyridine rings is 2. The van der Waals surface area contributed by atoms with Crippen LogP contribution in [0.4, 0.5) is 0 Å². The van der Waals surface area contributed by atoms with Crippen LogP contribution in [0.1, 0.15) is 44.5 Å². The molecule has 0 atom stereocenters. The van der Waals surface area contributed by atoms with Gasteiger partial charge in [-0.3, -0.25) is 9.97 Å². The number of hydrogen-bond acceptors (Lipinski definition) is 2. The summed E-state index contributed by atoms with van der Waals surface area (Å²) >= 11 is 0. The standard InChI is InChI=1S/C40H32N2/c1-29-25-31(27-39(33-9-5-3-6-10-33)35-17-21-41-22-18-35)13-15-37(29)38-16-14-32(26-30(38)2)28-40(34-11-7-4-8-12-34)36-19-23-42-24-20-36/h3-28H,1-2H3. The van der Waals surface area contributed by atoms with Crippen molar-refractivity contribution in [1.82, 2.24) is 9.97 Å². The second-order valence-corrected chi connectivity index (χ2v) is 10.5. The highest BCUT2D eigenvalue weighted by Crippen LogP contribution is 2.32. The molecule has 0 saturated heterocycles. The molecule has 202 valence electrons. The van der Waals surface area contributed by atoms with Crippen molar-refractivity contribution in [3.63, 3.8) is 0 Å². The lowest BCUT2D eigenvalue weighted by atomic mass is 9.91. The number of nitrogens with zero attached hydrogens (tertiary/aromatic N) is 2. The van der Waals surface area contributed by atoms with Gasteiger partial charge in [0.15, 0.2) is 0 Å². The van der Waals surface area contributed by atoms with Gasteiger partial charge in [-0.05, 0) is 117 Å². The van der Waals surface area contributed by atoms with E-state index in [1.54, 1.807) is 0 Å². The highest BCUT2D eigenvalue weighted by atomic mass is 14.6. The summed E-state index contributed by atoms with van der Waals surface area (Å²) in [5.74, 6) is 0. The maximum Gasteiger partial charge on any atom is 0.0273 e. The van der Waals surface area contributed by atoms with Crippen LogP contribution < -0.4 is 0 Å². The van der Waals surface area contributed by atoms with Crippen molar-refractivity contribution in [2.75, 3.05) is 0 Å². The van der Waals surface area contributed by atoms with Gasteiger partial charge in [-0.1, -0.05) is 97.1 Å². The quantitative estimate of drug-likeness (QED) is 0.188. The first-order chi connectivity index (χ1) is 20.7. The van der Waals surface area contributed by atoms with E-state index in [1.165, 1.54) is 55.7 Å². The molecule has 42 heavy (non-hydrogen) atoms. The van der Waals surface area contributed by atoms with Crippen LogP contribution in [-0.2, 0) is 0 Å². The van der Waals surface area contributed by atoms with Crippen molar-refractivity contribution >= 4 is 23.3 Å². The van der Waals surface area contributed by atoms with Gasteiger partial charge in [0.1, 0.15) is 0 Å². The van der Waals surface area contributed by atoms with E-state index in [4.69, 9.17) is 0 Å². The van der Waals surface area contributed by atoms with Crippen molar-refractivity contribution in [1.29, 1.82) is 0 Å². The lowest BCUT2D eigenvalue weighted by Crippen LogP contribution is -1.92. The zero-order chi connectivity index (χ0) is 28.7. The summed E-state index contributed by atoms with van der Waals surface area (Å²) in [6.07, 6.45) is 11.9. The van der Waals surface area contributed by atoms with Gasteiger partial charge in [-0.15, -0.1) is 0 Å². The summed E-state index contributed by atoms with van der Waals surface area (Å²) in [5.41, 5.74) is 14.4. The highest BCUT2D eigenvalue weighted by molar-refractivity contribution is 5.93. The molecule has 2 nitrogen and oxygen atoms in total. The first-order valence-electron chi connectivity index (χ1n) is 14.2. The van der Waals surface area contributed by atoms with E-state index in [-0.39, 0.29) is 0 Å². The molecule has 0 saturated carbocycles. The lowest BCUT2D eigenvalue weighted by molar-refractivity contribution is 1.32. The molecule has 0 radical (unpaired) electrons. The smallest absolute Gasteiger partial charge is 0.0273 e. The molecule has 6 aromatic rings. The Kier molecular flexibility index (Phi) is 7.96. The second kappa shape index (κ2) is 12.4. The van der Waals surface area contributed by atoms with Crippen LogP contribution in [0.25, 0.3) is 34.4 Å². The number of aryl methyl sites for hydroxylation is 2. The average Bonchev–Trinajstić information content (AvgIpc) is 3.05. The summed E-state index contributed by atoms with van der Waals surface area (Å²) in [7, 11) is 0. The second-order valence-electron chi connectivity index (χ2n) is 10.5. The van der Waals surface area contributed by atoms with Crippen LogP contribution >= 0.6 is 0 Å². The van der Waals surface area contributed by atoms with Crippen LogP contribution in [0.5, 0.6) is 0 Å². The van der Waals surface area contributed by atoms with E-state index in [1.807, 2.05) is 24.8 Å². The third-order valence-electron chi connectivity index (χ3n) is 7.57. The molecular weight excluding hydrogens is 508 g/mol. The first-order valence-corrected chi connectivity index (χ1v) is 14.2. The van der Waals surface area contributed by atoms with Crippen LogP contribution in [0.15, 0.2) is 146 Å². The Morgan fingerprint density at radius 3 is 1.14 bits per heavy atom. The number of rotatable bonds is 7. The van der Waals surface area contributed by atoms with E-state index in [9.17, 15) is 0 Å². The molecule has 0 aliphatic carbocycles. The monoisotopic (exact) mass is 540 g/mol. The fraction of sp³-hybridized carbons (Fsp3) is 0.0500. The van der Waals surface area contributed by atoms with E-state index < -0.39 is 0 Å². The van der Waals surface area contributed by atoms with Gasteiger partial charge in [-0.2, -0.15) is 0 Å². The van der Waals surface area contributed by atoms with Crippen molar-refractivity contribution in [3.05, 3.63) is 191 Å². The first kappa shape index (κ1) is 26.9. The molecule has 0 aliphatic rings. The van der Waals surface area contributed by atoms with Gasteiger partial charge in [0.05, 0.1) is 0 Å². The van der Waals surface area contributed by atoms with Crippen LogP contribution in [0.3, 0.4) is 0 Å². The number of benzene rings is 4. The van der Waals surface area contributed by atoms with Crippen molar-refractivity contribution in [2.24, 2.45) is 0 Å². The molecule has 0 aliphatic heterocycles. The molecule has 2 heteroatoms. The highest BCUT2D eigenvalue weighted by Gasteiger charge is 2.10.